The van der Waals surface area contributed by atoms with Crippen LogP contribution >= 0.6 is 0 Å². The van der Waals surface area contributed by atoms with E-state index < -0.39 is 17.7 Å². The minimum absolute atomic E-state index is 0.0648. The van der Waals surface area contributed by atoms with Crippen LogP contribution in [0.1, 0.15) is 22.7 Å². The van der Waals surface area contributed by atoms with Gasteiger partial charge < -0.3 is 14.7 Å². The van der Waals surface area contributed by atoms with Crippen LogP contribution in [-0.2, 0) is 16.1 Å². The maximum absolute atomic E-state index is 13.1. The topological polar surface area (TPSA) is 79.7 Å². The molecule has 0 spiro atoms. The van der Waals surface area contributed by atoms with Crippen molar-refractivity contribution in [3.63, 3.8) is 0 Å². The van der Waals surface area contributed by atoms with Crippen LogP contribution in [-0.4, -0.2) is 33.3 Å². The molecular formula is C26H22N2O4. The van der Waals surface area contributed by atoms with E-state index in [-0.39, 0.29) is 17.9 Å². The van der Waals surface area contributed by atoms with Crippen LogP contribution in [0, 0.1) is 0 Å². The average molecular weight is 426 g/mol. The highest BCUT2D eigenvalue weighted by Crippen LogP contribution is 2.40. The smallest absolute Gasteiger partial charge is 0.295 e. The number of aromatic nitrogens is 1. The molecule has 6 heteroatoms. The molecule has 1 fully saturated rings. The number of benzene rings is 2. The van der Waals surface area contributed by atoms with Gasteiger partial charge in [0, 0.05) is 24.5 Å². The maximum Gasteiger partial charge on any atom is 0.295 e. The lowest BCUT2D eigenvalue weighted by Crippen LogP contribution is -2.29. The summed E-state index contributed by atoms with van der Waals surface area (Å²) >= 11 is 0. The predicted octanol–water partition coefficient (Wildman–Crippen LogP) is 4.27. The quantitative estimate of drug-likeness (QED) is 0.264. The van der Waals surface area contributed by atoms with E-state index in [1.807, 2.05) is 30.3 Å². The minimum Gasteiger partial charge on any atom is -0.507 e. The SMILES string of the molecule is C=CCOc1ccc(C(O)=C2C(=O)C(=O)N(Cc3ccncc3)[C@@H]2c2ccccc2)cc1. The number of amides is 1. The number of aliphatic hydroxyl groups is 1. The number of nitrogens with zero attached hydrogens (tertiary/aromatic N) is 2. The van der Waals surface area contributed by atoms with E-state index in [9.17, 15) is 14.7 Å². The predicted molar refractivity (Wildman–Crippen MR) is 121 cm³/mol. The number of hydrogen-bond donors (Lipinski definition) is 1. The van der Waals surface area contributed by atoms with E-state index in [1.165, 1.54) is 4.90 Å². The fourth-order valence-electron chi connectivity index (χ4n) is 3.73. The van der Waals surface area contributed by atoms with Crippen molar-refractivity contribution in [2.45, 2.75) is 12.6 Å². The number of likely N-dealkylation sites (tertiary alicyclic amines) is 1. The maximum atomic E-state index is 13.1. The Bertz CT molecular complexity index is 1160. The van der Waals surface area contributed by atoms with Crippen LogP contribution in [0.25, 0.3) is 5.76 Å². The standard InChI is InChI=1S/C26H22N2O4/c1-2-16-32-21-10-8-20(9-11-21)24(29)22-23(19-6-4-3-5-7-19)28(26(31)25(22)30)17-18-12-14-27-15-13-18/h2-15,23,29H,1,16-17H2/t23-/m1/s1. The van der Waals surface area contributed by atoms with Crippen LogP contribution < -0.4 is 4.74 Å². The van der Waals surface area contributed by atoms with Crippen LogP contribution in [0.15, 0.2) is 97.4 Å². The molecule has 1 atom stereocenters. The first kappa shape index (κ1) is 21.1. The van der Waals surface area contributed by atoms with Gasteiger partial charge in [-0.1, -0.05) is 43.0 Å². The summed E-state index contributed by atoms with van der Waals surface area (Å²) in [6.45, 7) is 4.19. The number of Topliss-reactive ketones (excluding diaryl/α,β-unsaturated/α-hetero) is 1. The molecule has 1 aromatic heterocycles. The number of aliphatic hydroxyl groups excluding tert-OH is 1. The summed E-state index contributed by atoms with van der Waals surface area (Å²) in [7, 11) is 0. The Labute approximate surface area is 186 Å². The molecule has 2 aromatic carbocycles. The summed E-state index contributed by atoms with van der Waals surface area (Å²) in [5.41, 5.74) is 2.08. The first-order chi connectivity index (χ1) is 15.6. The van der Waals surface area contributed by atoms with Crippen molar-refractivity contribution < 1.29 is 19.4 Å². The third kappa shape index (κ3) is 4.16. The molecule has 0 radical (unpaired) electrons. The molecule has 0 bridgehead atoms. The van der Waals surface area contributed by atoms with Crippen molar-refractivity contribution in [2.75, 3.05) is 6.61 Å². The monoisotopic (exact) mass is 426 g/mol. The molecule has 32 heavy (non-hydrogen) atoms. The minimum atomic E-state index is -0.711. The molecule has 160 valence electrons. The van der Waals surface area contributed by atoms with Gasteiger partial charge >= 0.3 is 0 Å². The molecule has 0 saturated carbocycles. The van der Waals surface area contributed by atoms with E-state index >= 15 is 0 Å². The van der Waals surface area contributed by atoms with Crippen molar-refractivity contribution in [1.82, 2.24) is 9.88 Å². The molecule has 1 aliphatic heterocycles. The Kier molecular flexibility index (Phi) is 6.12. The van der Waals surface area contributed by atoms with Gasteiger partial charge in [-0.05, 0) is 47.5 Å². The van der Waals surface area contributed by atoms with Gasteiger partial charge in [0.2, 0.25) is 0 Å². The van der Waals surface area contributed by atoms with Gasteiger partial charge in [-0.3, -0.25) is 14.6 Å². The lowest BCUT2D eigenvalue weighted by Gasteiger charge is -2.25. The largest absolute Gasteiger partial charge is 0.507 e. The number of ether oxygens (including phenoxy) is 1. The zero-order chi connectivity index (χ0) is 22.5. The second-order valence-corrected chi connectivity index (χ2v) is 7.32. The van der Waals surface area contributed by atoms with Crippen LogP contribution in [0.3, 0.4) is 0 Å². The van der Waals surface area contributed by atoms with Crippen molar-refractivity contribution in [3.8, 4) is 5.75 Å². The van der Waals surface area contributed by atoms with Crippen LogP contribution in [0.5, 0.6) is 5.75 Å². The zero-order valence-corrected chi connectivity index (χ0v) is 17.3. The number of pyridine rings is 1. The molecule has 6 nitrogen and oxygen atoms in total. The van der Waals surface area contributed by atoms with Gasteiger partial charge in [-0.25, -0.2) is 0 Å². The lowest BCUT2D eigenvalue weighted by atomic mass is 9.95. The van der Waals surface area contributed by atoms with E-state index in [0.717, 1.165) is 11.1 Å². The fourth-order valence-corrected chi connectivity index (χ4v) is 3.73. The van der Waals surface area contributed by atoms with E-state index in [1.54, 1.807) is 54.9 Å². The van der Waals surface area contributed by atoms with Gasteiger partial charge in [0.15, 0.2) is 0 Å². The van der Waals surface area contributed by atoms with Gasteiger partial charge in [0.25, 0.3) is 11.7 Å². The highest BCUT2D eigenvalue weighted by Gasteiger charge is 2.45. The molecule has 1 amide bonds. The summed E-state index contributed by atoms with van der Waals surface area (Å²) < 4.78 is 5.48. The molecule has 1 aliphatic rings. The highest BCUT2D eigenvalue weighted by molar-refractivity contribution is 6.46. The van der Waals surface area contributed by atoms with Gasteiger partial charge in [0.1, 0.15) is 18.1 Å². The summed E-state index contributed by atoms with van der Waals surface area (Å²) in [6.07, 6.45) is 4.91. The number of carbonyl (C=O) groups excluding carboxylic acids is 2. The van der Waals surface area contributed by atoms with Gasteiger partial charge in [-0.15, -0.1) is 0 Å². The average Bonchev–Trinajstić information content (AvgIpc) is 3.09. The summed E-state index contributed by atoms with van der Waals surface area (Å²) in [5, 5.41) is 11.1. The molecule has 1 saturated heterocycles. The van der Waals surface area contributed by atoms with E-state index in [4.69, 9.17) is 4.74 Å². The van der Waals surface area contributed by atoms with Crippen LogP contribution in [0.4, 0.5) is 0 Å². The lowest BCUT2D eigenvalue weighted by molar-refractivity contribution is -0.140. The van der Waals surface area contributed by atoms with Crippen molar-refractivity contribution in [3.05, 3.63) is 114 Å². The molecule has 3 aromatic rings. The van der Waals surface area contributed by atoms with E-state index in [2.05, 4.69) is 11.6 Å². The molecule has 1 N–H and O–H groups in total. The summed E-state index contributed by atoms with van der Waals surface area (Å²) in [4.78, 5) is 31.5. The Hall–Kier alpha value is -4.19. The third-order valence-corrected chi connectivity index (χ3v) is 5.25. The molecule has 2 heterocycles. The Morgan fingerprint density at radius 3 is 2.38 bits per heavy atom. The molecule has 0 unspecified atom stereocenters. The number of ketones is 1. The van der Waals surface area contributed by atoms with Crippen molar-refractivity contribution in [1.29, 1.82) is 0 Å². The van der Waals surface area contributed by atoms with Crippen LogP contribution in [0.2, 0.25) is 0 Å². The zero-order valence-electron chi connectivity index (χ0n) is 17.3. The van der Waals surface area contributed by atoms with Crippen molar-refractivity contribution in [2.24, 2.45) is 0 Å². The molecule has 0 aliphatic carbocycles. The summed E-state index contributed by atoms with van der Waals surface area (Å²) in [5.74, 6) is -0.968. The Morgan fingerprint density at radius 1 is 1.03 bits per heavy atom. The van der Waals surface area contributed by atoms with Gasteiger partial charge in [-0.2, -0.15) is 0 Å². The summed E-state index contributed by atoms with van der Waals surface area (Å²) in [6, 6.07) is 18.8. The Morgan fingerprint density at radius 2 is 1.72 bits per heavy atom. The fraction of sp³-hybridized carbons (Fsp3) is 0.115. The second kappa shape index (κ2) is 9.31. The van der Waals surface area contributed by atoms with Crippen molar-refractivity contribution >= 4 is 17.4 Å². The van der Waals surface area contributed by atoms with Gasteiger partial charge in [0.05, 0.1) is 11.6 Å². The highest BCUT2D eigenvalue weighted by atomic mass is 16.5. The molecular weight excluding hydrogens is 404 g/mol. The number of rotatable bonds is 7. The first-order valence-electron chi connectivity index (χ1n) is 10.2. The first-order valence-corrected chi connectivity index (χ1v) is 10.2. The van der Waals surface area contributed by atoms with E-state index in [0.29, 0.717) is 17.9 Å². The number of carbonyl (C=O) groups is 2. The second-order valence-electron chi connectivity index (χ2n) is 7.32. The Balaban J connectivity index is 1.77. The normalized spacial score (nSPS) is 17.4. The third-order valence-electron chi connectivity index (χ3n) is 5.25. The number of hydrogen-bond acceptors (Lipinski definition) is 5. The molecule has 4 rings (SSSR count).